The van der Waals surface area contributed by atoms with Crippen molar-refractivity contribution in [2.75, 3.05) is 19.0 Å². The molecule has 0 radical (unpaired) electrons. The van der Waals surface area contributed by atoms with Crippen LogP contribution < -0.4 is 10.3 Å². The SMILES string of the molecule is C=C(C)c1ccc2c(=O)c3ccc(Cl)c(N(C)C)c3n(CC(=O)O)c2c1. The van der Waals surface area contributed by atoms with E-state index >= 15 is 0 Å². The van der Waals surface area contributed by atoms with Crippen LogP contribution >= 0.6 is 11.6 Å². The number of aromatic nitrogens is 1. The van der Waals surface area contributed by atoms with Gasteiger partial charge in [0, 0.05) is 24.9 Å². The predicted octanol–water partition coefficient (Wildman–Crippen LogP) is 3.99. The molecule has 1 heterocycles. The molecule has 6 heteroatoms. The number of hydrogen-bond acceptors (Lipinski definition) is 3. The quantitative estimate of drug-likeness (QED) is 0.705. The first-order chi connectivity index (χ1) is 12.2. The third kappa shape index (κ3) is 2.84. The van der Waals surface area contributed by atoms with Gasteiger partial charge < -0.3 is 14.6 Å². The van der Waals surface area contributed by atoms with Gasteiger partial charge in [-0.3, -0.25) is 9.59 Å². The van der Waals surface area contributed by atoms with Crippen LogP contribution in [-0.2, 0) is 11.3 Å². The molecule has 0 aliphatic carbocycles. The number of hydrogen-bond donors (Lipinski definition) is 1. The molecule has 0 fully saturated rings. The monoisotopic (exact) mass is 370 g/mol. The molecule has 0 bridgehead atoms. The van der Waals surface area contributed by atoms with Crippen LogP contribution in [0.5, 0.6) is 0 Å². The molecule has 1 N–H and O–H groups in total. The highest BCUT2D eigenvalue weighted by Gasteiger charge is 2.19. The Labute approximate surface area is 155 Å². The summed E-state index contributed by atoms with van der Waals surface area (Å²) in [5.41, 5.74) is 3.22. The van der Waals surface area contributed by atoms with Gasteiger partial charge >= 0.3 is 5.97 Å². The zero-order valence-corrected chi connectivity index (χ0v) is 15.6. The summed E-state index contributed by atoms with van der Waals surface area (Å²) < 4.78 is 1.64. The van der Waals surface area contributed by atoms with Gasteiger partial charge in [-0.15, -0.1) is 0 Å². The maximum absolute atomic E-state index is 13.0. The lowest BCUT2D eigenvalue weighted by Gasteiger charge is -2.22. The number of fused-ring (bicyclic) bond motifs is 2. The molecule has 0 spiro atoms. The molecule has 0 unspecified atom stereocenters. The van der Waals surface area contributed by atoms with Crippen molar-refractivity contribution < 1.29 is 9.90 Å². The van der Waals surface area contributed by atoms with Gasteiger partial charge in [0.2, 0.25) is 0 Å². The molecule has 2 aromatic carbocycles. The van der Waals surface area contributed by atoms with Crippen LogP contribution in [0.1, 0.15) is 12.5 Å². The summed E-state index contributed by atoms with van der Waals surface area (Å²) >= 11 is 6.37. The molecule has 0 atom stereocenters. The van der Waals surface area contributed by atoms with Crippen LogP contribution in [0, 0.1) is 0 Å². The van der Waals surface area contributed by atoms with Gasteiger partial charge in [0.25, 0.3) is 0 Å². The number of aliphatic carboxylic acids is 1. The van der Waals surface area contributed by atoms with Crippen molar-refractivity contribution in [3.8, 4) is 0 Å². The van der Waals surface area contributed by atoms with Crippen LogP contribution in [0.2, 0.25) is 5.02 Å². The van der Waals surface area contributed by atoms with Crippen molar-refractivity contribution >= 4 is 50.6 Å². The van der Waals surface area contributed by atoms with Crippen molar-refractivity contribution in [1.29, 1.82) is 0 Å². The summed E-state index contributed by atoms with van der Waals surface area (Å²) in [6, 6.07) is 8.67. The van der Waals surface area contributed by atoms with Crippen molar-refractivity contribution in [2.24, 2.45) is 0 Å². The van der Waals surface area contributed by atoms with Crippen LogP contribution in [0.25, 0.3) is 27.4 Å². The topological polar surface area (TPSA) is 62.5 Å². The molecule has 0 aliphatic rings. The maximum atomic E-state index is 13.0. The summed E-state index contributed by atoms with van der Waals surface area (Å²) in [5.74, 6) is -0.998. The molecule has 3 rings (SSSR count). The minimum absolute atomic E-state index is 0.148. The summed E-state index contributed by atoms with van der Waals surface area (Å²) in [5, 5.41) is 10.8. The molecule has 0 saturated heterocycles. The van der Waals surface area contributed by atoms with Crippen molar-refractivity contribution in [3.63, 3.8) is 0 Å². The maximum Gasteiger partial charge on any atom is 0.323 e. The summed E-state index contributed by atoms with van der Waals surface area (Å²) in [7, 11) is 3.62. The highest BCUT2D eigenvalue weighted by molar-refractivity contribution is 6.35. The van der Waals surface area contributed by atoms with E-state index in [4.69, 9.17) is 11.6 Å². The zero-order chi connectivity index (χ0) is 19.2. The van der Waals surface area contributed by atoms with Gasteiger partial charge in [-0.1, -0.05) is 29.8 Å². The number of carboxylic acids is 1. The van der Waals surface area contributed by atoms with Gasteiger partial charge in [-0.05, 0) is 36.8 Å². The van der Waals surface area contributed by atoms with E-state index in [9.17, 15) is 14.7 Å². The summed E-state index contributed by atoms with van der Waals surface area (Å²) in [6.07, 6.45) is 0. The standard InChI is InChI=1S/C20H19ClN2O3/c1-11(2)12-5-6-13-16(9-12)23(10-17(24)25)18-14(20(13)26)7-8-15(21)19(18)22(3)4/h5-9H,1,10H2,2-4H3,(H,24,25). The molecule has 134 valence electrons. The normalized spacial score (nSPS) is 11.1. The van der Waals surface area contributed by atoms with E-state index in [-0.39, 0.29) is 12.0 Å². The molecular weight excluding hydrogens is 352 g/mol. The lowest BCUT2D eigenvalue weighted by molar-refractivity contribution is -0.137. The number of halogens is 1. The molecule has 0 aliphatic heterocycles. The minimum atomic E-state index is -0.998. The van der Waals surface area contributed by atoms with E-state index in [1.807, 2.05) is 33.2 Å². The van der Waals surface area contributed by atoms with Gasteiger partial charge in [-0.2, -0.15) is 0 Å². The van der Waals surface area contributed by atoms with E-state index < -0.39 is 5.97 Å². The molecule has 3 aromatic rings. The Morgan fingerprint density at radius 1 is 1.23 bits per heavy atom. The number of nitrogens with zero attached hydrogens (tertiary/aromatic N) is 2. The largest absolute Gasteiger partial charge is 0.480 e. The average Bonchev–Trinajstić information content (AvgIpc) is 2.57. The number of carbonyl (C=O) groups is 1. The molecule has 0 amide bonds. The smallest absolute Gasteiger partial charge is 0.323 e. The predicted molar refractivity (Wildman–Crippen MR) is 107 cm³/mol. The third-order valence-corrected chi connectivity index (χ3v) is 4.69. The fraction of sp³-hybridized carbons (Fsp3) is 0.200. The second-order valence-electron chi connectivity index (χ2n) is 6.51. The van der Waals surface area contributed by atoms with Crippen molar-refractivity contribution in [3.05, 3.63) is 57.7 Å². The first-order valence-corrected chi connectivity index (χ1v) is 8.44. The molecular formula is C20H19ClN2O3. The Hall–Kier alpha value is -2.79. The van der Waals surface area contributed by atoms with Crippen molar-refractivity contribution in [1.82, 2.24) is 4.57 Å². The number of pyridine rings is 1. The Morgan fingerprint density at radius 3 is 2.46 bits per heavy atom. The number of allylic oxidation sites excluding steroid dienone is 1. The van der Waals surface area contributed by atoms with E-state index in [0.29, 0.717) is 32.5 Å². The second-order valence-corrected chi connectivity index (χ2v) is 6.92. The van der Waals surface area contributed by atoms with Gasteiger partial charge in [0.15, 0.2) is 5.43 Å². The average molecular weight is 371 g/mol. The number of rotatable bonds is 4. The van der Waals surface area contributed by atoms with Gasteiger partial charge in [-0.25, -0.2) is 0 Å². The lowest BCUT2D eigenvalue weighted by Crippen LogP contribution is -2.19. The number of anilines is 1. The van der Waals surface area contributed by atoms with Gasteiger partial charge in [0.05, 0.1) is 21.7 Å². The van der Waals surface area contributed by atoms with Crippen LogP contribution in [0.15, 0.2) is 41.7 Å². The van der Waals surface area contributed by atoms with E-state index in [1.165, 1.54) is 0 Å². The van der Waals surface area contributed by atoms with Crippen LogP contribution in [-0.4, -0.2) is 29.7 Å². The first-order valence-electron chi connectivity index (χ1n) is 8.06. The molecule has 5 nitrogen and oxygen atoms in total. The highest BCUT2D eigenvalue weighted by Crippen LogP contribution is 2.34. The van der Waals surface area contributed by atoms with Crippen molar-refractivity contribution in [2.45, 2.75) is 13.5 Å². The Kier molecular flexibility index (Phi) is 4.50. The fourth-order valence-electron chi connectivity index (χ4n) is 3.21. The molecule has 0 saturated carbocycles. The Balaban J connectivity index is 2.63. The molecule has 1 aromatic heterocycles. The van der Waals surface area contributed by atoms with Crippen LogP contribution in [0.3, 0.4) is 0 Å². The Bertz CT molecular complexity index is 1130. The fourth-order valence-corrected chi connectivity index (χ4v) is 3.54. The van der Waals surface area contributed by atoms with E-state index in [0.717, 1.165) is 11.1 Å². The van der Waals surface area contributed by atoms with Crippen LogP contribution in [0.4, 0.5) is 5.69 Å². The first kappa shape index (κ1) is 18.0. The highest BCUT2D eigenvalue weighted by atomic mass is 35.5. The van der Waals surface area contributed by atoms with Gasteiger partial charge in [0.1, 0.15) is 6.54 Å². The Morgan fingerprint density at radius 2 is 1.88 bits per heavy atom. The van der Waals surface area contributed by atoms with E-state index in [1.54, 1.807) is 27.7 Å². The summed E-state index contributed by atoms with van der Waals surface area (Å²) in [6.45, 7) is 5.52. The molecule has 26 heavy (non-hydrogen) atoms. The van der Waals surface area contributed by atoms with E-state index in [2.05, 4.69) is 6.58 Å². The second kappa shape index (κ2) is 6.50. The number of carboxylic acid groups (broad SMARTS) is 1. The third-order valence-electron chi connectivity index (χ3n) is 4.38. The minimum Gasteiger partial charge on any atom is -0.480 e. The zero-order valence-electron chi connectivity index (χ0n) is 14.8. The summed E-state index contributed by atoms with van der Waals surface area (Å²) in [4.78, 5) is 26.4. The number of benzene rings is 2. The lowest BCUT2D eigenvalue weighted by atomic mass is 10.0.